The van der Waals surface area contributed by atoms with Crippen molar-refractivity contribution in [3.05, 3.63) is 76.6 Å². The highest BCUT2D eigenvalue weighted by molar-refractivity contribution is 8.03. The number of urea groups is 1. The van der Waals surface area contributed by atoms with Gasteiger partial charge in [-0.05, 0) is 56.5 Å². The minimum absolute atomic E-state index is 0.160. The molecule has 1 aromatic carbocycles. The average Bonchev–Trinajstić information content (AvgIpc) is 3.21. The molecule has 9 heteroatoms. The van der Waals surface area contributed by atoms with Crippen molar-refractivity contribution >= 4 is 29.4 Å². The van der Waals surface area contributed by atoms with E-state index >= 15 is 0 Å². The zero-order valence-corrected chi connectivity index (χ0v) is 21.8. The molecular weight excluding hydrogens is 458 g/mol. The number of benzene rings is 1. The molecule has 0 saturated carbocycles. The predicted octanol–water partition coefficient (Wildman–Crippen LogP) is 5.09. The molecule has 0 bridgehead atoms. The second-order valence-electron chi connectivity index (χ2n) is 9.49. The molecule has 3 aromatic rings. The van der Waals surface area contributed by atoms with Gasteiger partial charge in [-0.2, -0.15) is 5.10 Å². The van der Waals surface area contributed by atoms with E-state index in [1.54, 1.807) is 17.1 Å². The van der Waals surface area contributed by atoms with Crippen LogP contribution in [0.1, 0.15) is 50.9 Å². The van der Waals surface area contributed by atoms with Crippen LogP contribution >= 0.6 is 11.8 Å². The van der Waals surface area contributed by atoms with Crippen molar-refractivity contribution in [1.29, 1.82) is 0 Å². The summed E-state index contributed by atoms with van der Waals surface area (Å²) < 4.78 is 1.77. The van der Waals surface area contributed by atoms with Crippen LogP contribution in [0.25, 0.3) is 5.69 Å². The van der Waals surface area contributed by atoms with E-state index in [1.165, 1.54) is 11.8 Å². The first-order valence-electron chi connectivity index (χ1n) is 11.6. The monoisotopic (exact) mass is 493 g/mol. The highest BCUT2D eigenvalue weighted by atomic mass is 32.2. The Morgan fingerprint density at radius 2 is 1.91 bits per heavy atom. The van der Waals surface area contributed by atoms with Crippen LogP contribution in [0.3, 0.4) is 0 Å². The summed E-state index contributed by atoms with van der Waals surface area (Å²) in [5.41, 5.74) is 15.5. The van der Waals surface area contributed by atoms with Gasteiger partial charge >= 0.3 is 6.03 Å². The summed E-state index contributed by atoms with van der Waals surface area (Å²) in [6.45, 7) is 10.3. The number of thioether (sulfide) groups is 1. The molecule has 0 aliphatic rings. The van der Waals surface area contributed by atoms with E-state index in [2.05, 4.69) is 36.4 Å². The predicted molar refractivity (Wildman–Crippen MR) is 145 cm³/mol. The van der Waals surface area contributed by atoms with E-state index in [-0.39, 0.29) is 16.8 Å². The third-order valence-electron chi connectivity index (χ3n) is 5.35. The van der Waals surface area contributed by atoms with Crippen molar-refractivity contribution in [1.82, 2.24) is 20.1 Å². The van der Waals surface area contributed by atoms with Gasteiger partial charge in [0.25, 0.3) is 0 Å². The molecule has 0 spiro atoms. The van der Waals surface area contributed by atoms with Crippen molar-refractivity contribution in [2.75, 3.05) is 11.1 Å². The van der Waals surface area contributed by atoms with Gasteiger partial charge in [0.2, 0.25) is 0 Å². The van der Waals surface area contributed by atoms with Crippen molar-refractivity contribution in [3.8, 4) is 5.69 Å². The van der Waals surface area contributed by atoms with Crippen LogP contribution in [0.5, 0.6) is 0 Å². The first-order valence-corrected chi connectivity index (χ1v) is 12.5. The van der Waals surface area contributed by atoms with Gasteiger partial charge in [-0.1, -0.05) is 38.5 Å². The summed E-state index contributed by atoms with van der Waals surface area (Å²) in [7, 11) is 0. The minimum atomic E-state index is -0.308. The molecule has 2 aromatic heterocycles. The van der Waals surface area contributed by atoms with Gasteiger partial charge in [-0.3, -0.25) is 5.32 Å². The zero-order chi connectivity index (χ0) is 25.6. The topological polar surface area (TPSA) is 124 Å². The van der Waals surface area contributed by atoms with Crippen LogP contribution in [-0.2, 0) is 11.8 Å². The number of anilines is 2. The second kappa shape index (κ2) is 11.3. The van der Waals surface area contributed by atoms with Crippen LogP contribution in [0.15, 0.2) is 59.8 Å². The smallest absolute Gasteiger partial charge is 0.321 e. The number of nitrogen functional groups attached to an aromatic ring is 1. The molecule has 1 atom stereocenters. The number of aryl methyl sites for hydroxylation is 2. The van der Waals surface area contributed by atoms with Crippen LogP contribution < -0.4 is 22.1 Å². The van der Waals surface area contributed by atoms with E-state index < -0.39 is 0 Å². The summed E-state index contributed by atoms with van der Waals surface area (Å²) >= 11 is 1.51. The van der Waals surface area contributed by atoms with Crippen LogP contribution in [-0.4, -0.2) is 26.2 Å². The molecule has 2 amide bonds. The Hall–Kier alpha value is -3.46. The lowest BCUT2D eigenvalue weighted by Gasteiger charge is -2.16. The molecule has 6 N–H and O–H groups in total. The molecule has 1 unspecified atom stereocenters. The van der Waals surface area contributed by atoms with E-state index in [0.29, 0.717) is 11.6 Å². The molecule has 0 aliphatic carbocycles. The van der Waals surface area contributed by atoms with E-state index in [0.717, 1.165) is 40.3 Å². The van der Waals surface area contributed by atoms with Crippen LogP contribution in [0.2, 0.25) is 0 Å². The molecule has 2 heterocycles. The minimum Gasteiger partial charge on any atom is -0.404 e. The lowest BCUT2D eigenvalue weighted by Crippen LogP contribution is -2.35. The maximum absolute atomic E-state index is 12.9. The number of aromatic nitrogens is 3. The average molecular weight is 494 g/mol. The molecular formula is C26H35N7OS. The number of rotatable bonds is 8. The third-order valence-corrected chi connectivity index (χ3v) is 6.47. The maximum atomic E-state index is 12.9. The number of hydrogen-bond acceptors (Lipinski definition) is 6. The number of nitrogens with one attached hydrogen (secondary N) is 2. The Morgan fingerprint density at radius 3 is 2.54 bits per heavy atom. The normalized spacial score (nSPS) is 12.9. The number of nitrogens with two attached hydrogens (primary N) is 2. The number of amides is 2. The Bertz CT molecular complexity index is 1180. The summed E-state index contributed by atoms with van der Waals surface area (Å²) in [6.07, 6.45) is 4.82. The standard InChI is InChI=1S/C26H35N7OS/c1-17-6-9-20(10-7-17)33-24(15-22(32-33)26(3,4)5)31-25(34)30-18(2)35-21(16-27)11-8-19-12-13-29-23(28)14-19/h6-7,9-10,12-16,18H,8,11,27H2,1-5H3,(H2,28,29)(H2,30,31,34)/b21-16-. The second-order valence-corrected chi connectivity index (χ2v) is 11.0. The lowest BCUT2D eigenvalue weighted by atomic mass is 9.92. The van der Waals surface area contributed by atoms with Gasteiger partial charge in [0, 0.05) is 28.8 Å². The van der Waals surface area contributed by atoms with Crippen molar-refractivity contribution in [2.45, 2.75) is 58.2 Å². The van der Waals surface area contributed by atoms with Gasteiger partial charge in [-0.15, -0.1) is 11.8 Å². The summed E-state index contributed by atoms with van der Waals surface area (Å²) in [4.78, 5) is 17.9. The van der Waals surface area contributed by atoms with Gasteiger partial charge in [0.1, 0.15) is 11.6 Å². The number of pyridine rings is 1. The fourth-order valence-corrected chi connectivity index (χ4v) is 4.33. The molecule has 0 aliphatic heterocycles. The molecule has 3 rings (SSSR count). The van der Waals surface area contributed by atoms with Crippen molar-refractivity contribution < 1.29 is 4.79 Å². The fourth-order valence-electron chi connectivity index (χ4n) is 3.41. The summed E-state index contributed by atoms with van der Waals surface area (Å²) in [6, 6.07) is 13.4. The zero-order valence-electron chi connectivity index (χ0n) is 21.0. The van der Waals surface area contributed by atoms with Crippen molar-refractivity contribution in [2.24, 2.45) is 5.73 Å². The Labute approximate surface area is 211 Å². The van der Waals surface area contributed by atoms with Gasteiger partial charge < -0.3 is 16.8 Å². The first-order chi connectivity index (χ1) is 16.5. The Kier molecular flexibility index (Phi) is 8.45. The Balaban J connectivity index is 1.64. The highest BCUT2D eigenvalue weighted by Crippen LogP contribution is 2.27. The van der Waals surface area contributed by atoms with E-state index in [1.807, 2.05) is 56.3 Å². The number of allylic oxidation sites excluding steroid dienone is 1. The number of carbonyl (C=O) groups excluding carboxylic acids is 1. The fraction of sp³-hybridized carbons (Fsp3) is 0.346. The Morgan fingerprint density at radius 1 is 1.20 bits per heavy atom. The highest BCUT2D eigenvalue weighted by Gasteiger charge is 2.22. The summed E-state index contributed by atoms with van der Waals surface area (Å²) in [5.74, 6) is 1.11. The van der Waals surface area contributed by atoms with Crippen molar-refractivity contribution in [3.63, 3.8) is 0 Å². The third kappa shape index (κ3) is 7.51. The SMILES string of the molecule is Cc1ccc(-n2nc(C(C)(C)C)cc2NC(=O)NC(C)S/C(=C\N)CCc2ccnc(N)c2)cc1. The van der Waals surface area contributed by atoms with Gasteiger partial charge in [-0.25, -0.2) is 14.5 Å². The maximum Gasteiger partial charge on any atom is 0.321 e. The number of nitrogens with zero attached hydrogens (tertiary/aromatic N) is 3. The summed E-state index contributed by atoms with van der Waals surface area (Å²) in [5, 5.41) is 10.5. The molecule has 0 fully saturated rings. The van der Waals surface area contributed by atoms with Gasteiger partial charge in [0.15, 0.2) is 0 Å². The molecule has 0 radical (unpaired) electrons. The molecule has 8 nitrogen and oxygen atoms in total. The number of hydrogen-bond donors (Lipinski definition) is 4. The lowest BCUT2D eigenvalue weighted by molar-refractivity contribution is 0.251. The van der Waals surface area contributed by atoms with Crippen LogP contribution in [0.4, 0.5) is 16.4 Å². The van der Waals surface area contributed by atoms with Crippen LogP contribution in [0, 0.1) is 6.92 Å². The molecule has 0 saturated heterocycles. The van der Waals surface area contributed by atoms with E-state index in [4.69, 9.17) is 16.6 Å². The quantitative estimate of drug-likeness (QED) is 0.324. The number of carbonyl (C=O) groups is 1. The first kappa shape index (κ1) is 26.2. The largest absolute Gasteiger partial charge is 0.404 e. The molecule has 35 heavy (non-hydrogen) atoms. The molecule has 186 valence electrons. The van der Waals surface area contributed by atoms with Gasteiger partial charge in [0.05, 0.1) is 16.8 Å². The van der Waals surface area contributed by atoms with E-state index in [9.17, 15) is 4.79 Å².